The zero-order chi connectivity index (χ0) is 10.7. The van der Waals surface area contributed by atoms with E-state index in [1.165, 1.54) is 12.4 Å². The Bertz CT molecular complexity index is 522. The lowest BCUT2D eigenvalue weighted by Crippen LogP contribution is -2.05. The van der Waals surface area contributed by atoms with Gasteiger partial charge in [0.05, 0.1) is 19.1 Å². The summed E-state index contributed by atoms with van der Waals surface area (Å²) < 4.78 is 5.12. The first-order valence-electron chi connectivity index (χ1n) is 4.35. The van der Waals surface area contributed by atoms with Gasteiger partial charge in [0.25, 0.3) is 5.56 Å². The molecule has 1 N–H and O–H groups in total. The number of hydrogen-bond acceptors (Lipinski definition) is 4. The first-order chi connectivity index (χ1) is 7.31. The molecule has 0 unspecified atom stereocenters. The van der Waals surface area contributed by atoms with Crippen molar-refractivity contribution in [2.24, 2.45) is 0 Å². The molecule has 15 heavy (non-hydrogen) atoms. The molecule has 0 saturated carbocycles. The molecule has 0 fully saturated rings. The van der Waals surface area contributed by atoms with Crippen molar-refractivity contribution >= 4 is 0 Å². The minimum atomic E-state index is -0.215. The molecule has 2 aromatic heterocycles. The van der Waals surface area contributed by atoms with Crippen LogP contribution in [0.4, 0.5) is 0 Å². The van der Waals surface area contributed by atoms with Gasteiger partial charge in [-0.05, 0) is 12.1 Å². The van der Waals surface area contributed by atoms with Gasteiger partial charge in [-0.25, -0.2) is 4.98 Å². The lowest BCUT2D eigenvalue weighted by molar-refractivity contribution is 0.414. The molecule has 2 heterocycles. The van der Waals surface area contributed by atoms with Crippen LogP contribution in [0.15, 0.2) is 35.5 Å². The number of hydrogen-bond donors (Lipinski definition) is 1. The molecular formula is C10H9N3O2. The molecule has 0 amide bonds. The highest BCUT2D eigenvalue weighted by Gasteiger charge is 2.07. The molecule has 0 saturated heterocycles. The largest absolute Gasteiger partial charge is 0.494 e. The molecule has 0 radical (unpaired) electrons. The zero-order valence-electron chi connectivity index (χ0n) is 8.10. The maximum absolute atomic E-state index is 11.1. The summed E-state index contributed by atoms with van der Waals surface area (Å²) in [6.07, 6.45) is 2.96. The van der Waals surface area contributed by atoms with E-state index in [-0.39, 0.29) is 5.56 Å². The second kappa shape index (κ2) is 3.91. The molecule has 5 heteroatoms. The predicted molar refractivity (Wildman–Crippen MR) is 54.6 cm³/mol. The summed E-state index contributed by atoms with van der Waals surface area (Å²) in [5.41, 5.74) is 0.843. The van der Waals surface area contributed by atoms with Crippen molar-refractivity contribution in [3.63, 3.8) is 0 Å². The zero-order valence-corrected chi connectivity index (χ0v) is 8.10. The van der Waals surface area contributed by atoms with Crippen LogP contribution in [0.25, 0.3) is 11.4 Å². The van der Waals surface area contributed by atoms with Gasteiger partial charge >= 0.3 is 0 Å². The average Bonchev–Trinajstić information content (AvgIpc) is 2.29. The molecule has 0 atom stereocenters. The molecule has 0 spiro atoms. The fourth-order valence-corrected chi connectivity index (χ4v) is 1.25. The number of methoxy groups -OCH3 is 1. The molecule has 0 aliphatic heterocycles. The van der Waals surface area contributed by atoms with E-state index in [1.807, 2.05) is 0 Å². The minimum absolute atomic E-state index is 0.215. The number of nitrogens with zero attached hydrogens (tertiary/aromatic N) is 2. The third kappa shape index (κ3) is 1.85. The monoisotopic (exact) mass is 203 g/mol. The highest BCUT2D eigenvalue weighted by atomic mass is 16.5. The van der Waals surface area contributed by atoms with Gasteiger partial charge in [-0.3, -0.25) is 9.78 Å². The molecule has 2 rings (SSSR count). The van der Waals surface area contributed by atoms with Crippen LogP contribution in [0, 0.1) is 0 Å². The predicted octanol–water partition coefficient (Wildman–Crippen LogP) is 0.840. The SMILES string of the molecule is COc1cccnc1-c1cc(=O)[nH]cn1. The van der Waals surface area contributed by atoms with Crippen LogP contribution in [0.3, 0.4) is 0 Å². The fourth-order valence-electron chi connectivity index (χ4n) is 1.25. The fraction of sp³-hybridized carbons (Fsp3) is 0.100. The average molecular weight is 203 g/mol. The highest BCUT2D eigenvalue weighted by molar-refractivity contribution is 5.61. The van der Waals surface area contributed by atoms with Crippen LogP contribution in [0.5, 0.6) is 5.75 Å². The van der Waals surface area contributed by atoms with E-state index in [4.69, 9.17) is 4.74 Å². The van der Waals surface area contributed by atoms with Gasteiger partial charge in [-0.2, -0.15) is 0 Å². The Balaban J connectivity index is 2.58. The van der Waals surface area contributed by atoms with Crippen LogP contribution in [-0.2, 0) is 0 Å². The van der Waals surface area contributed by atoms with Crippen LogP contribution < -0.4 is 10.3 Å². The van der Waals surface area contributed by atoms with Gasteiger partial charge in [-0.15, -0.1) is 0 Å². The highest BCUT2D eigenvalue weighted by Crippen LogP contribution is 2.23. The molecule has 0 bridgehead atoms. The Morgan fingerprint density at radius 2 is 2.27 bits per heavy atom. The topological polar surface area (TPSA) is 67.9 Å². The second-order valence-electron chi connectivity index (χ2n) is 2.85. The summed E-state index contributed by atoms with van der Waals surface area (Å²) in [6, 6.07) is 4.91. The molecule has 5 nitrogen and oxygen atoms in total. The number of rotatable bonds is 2. The molecule has 0 aromatic carbocycles. The number of H-pyrrole nitrogens is 1. The number of nitrogens with one attached hydrogen (secondary N) is 1. The maximum atomic E-state index is 11.1. The van der Waals surface area contributed by atoms with Crippen molar-refractivity contribution in [3.05, 3.63) is 41.1 Å². The number of pyridine rings is 1. The van der Waals surface area contributed by atoms with E-state index in [2.05, 4.69) is 15.0 Å². The molecule has 76 valence electrons. The number of aromatic nitrogens is 3. The smallest absolute Gasteiger partial charge is 0.251 e. The summed E-state index contributed by atoms with van der Waals surface area (Å²) in [4.78, 5) is 21.7. The van der Waals surface area contributed by atoms with E-state index < -0.39 is 0 Å². The van der Waals surface area contributed by atoms with E-state index in [0.717, 1.165) is 0 Å². The standard InChI is InChI=1S/C10H9N3O2/c1-15-8-3-2-4-11-10(8)7-5-9(14)13-6-12-7/h2-6H,1H3,(H,12,13,14). The van der Waals surface area contributed by atoms with Gasteiger partial charge in [0.1, 0.15) is 11.4 Å². The molecule has 0 aliphatic rings. The van der Waals surface area contributed by atoms with E-state index in [0.29, 0.717) is 17.1 Å². The quantitative estimate of drug-likeness (QED) is 0.785. The third-order valence-electron chi connectivity index (χ3n) is 1.91. The molecular weight excluding hydrogens is 194 g/mol. The van der Waals surface area contributed by atoms with Crippen molar-refractivity contribution in [1.29, 1.82) is 0 Å². The number of aromatic amines is 1. The van der Waals surface area contributed by atoms with Crippen molar-refractivity contribution in [3.8, 4) is 17.1 Å². The van der Waals surface area contributed by atoms with Gasteiger partial charge in [0.15, 0.2) is 0 Å². The van der Waals surface area contributed by atoms with Crippen molar-refractivity contribution in [2.45, 2.75) is 0 Å². The molecule has 2 aromatic rings. The molecule has 0 aliphatic carbocycles. The Hall–Kier alpha value is -2.17. The Kier molecular flexibility index (Phi) is 2.45. The summed E-state index contributed by atoms with van der Waals surface area (Å²) in [5, 5.41) is 0. The van der Waals surface area contributed by atoms with Gasteiger partial charge < -0.3 is 9.72 Å². The van der Waals surface area contributed by atoms with Crippen LogP contribution in [-0.4, -0.2) is 22.1 Å². The Morgan fingerprint density at radius 3 is 3.00 bits per heavy atom. The number of ether oxygens (including phenoxy) is 1. The summed E-state index contributed by atoms with van der Waals surface area (Å²) in [6.45, 7) is 0. The van der Waals surface area contributed by atoms with E-state index in [1.54, 1.807) is 25.4 Å². The second-order valence-corrected chi connectivity index (χ2v) is 2.85. The normalized spacial score (nSPS) is 9.93. The summed E-state index contributed by atoms with van der Waals surface area (Å²) >= 11 is 0. The summed E-state index contributed by atoms with van der Waals surface area (Å²) in [5.74, 6) is 0.593. The van der Waals surface area contributed by atoms with Crippen LogP contribution in [0.2, 0.25) is 0 Å². The van der Waals surface area contributed by atoms with Crippen LogP contribution in [0.1, 0.15) is 0 Å². The van der Waals surface area contributed by atoms with E-state index >= 15 is 0 Å². The van der Waals surface area contributed by atoms with Crippen molar-refractivity contribution in [2.75, 3.05) is 7.11 Å². The van der Waals surface area contributed by atoms with Gasteiger partial charge in [0, 0.05) is 12.3 Å². The Labute approximate surface area is 85.8 Å². The maximum Gasteiger partial charge on any atom is 0.251 e. The lowest BCUT2D eigenvalue weighted by atomic mass is 10.2. The van der Waals surface area contributed by atoms with Crippen LogP contribution >= 0.6 is 0 Å². The van der Waals surface area contributed by atoms with Gasteiger partial charge in [0.2, 0.25) is 0 Å². The van der Waals surface area contributed by atoms with E-state index in [9.17, 15) is 4.79 Å². The Morgan fingerprint density at radius 1 is 1.40 bits per heavy atom. The first-order valence-corrected chi connectivity index (χ1v) is 4.35. The van der Waals surface area contributed by atoms with Crippen molar-refractivity contribution in [1.82, 2.24) is 15.0 Å². The third-order valence-corrected chi connectivity index (χ3v) is 1.91. The minimum Gasteiger partial charge on any atom is -0.494 e. The van der Waals surface area contributed by atoms with Crippen molar-refractivity contribution < 1.29 is 4.74 Å². The lowest BCUT2D eigenvalue weighted by Gasteiger charge is -2.04. The van der Waals surface area contributed by atoms with Gasteiger partial charge in [-0.1, -0.05) is 0 Å². The first kappa shape index (κ1) is 9.39. The summed E-state index contributed by atoms with van der Waals surface area (Å²) in [7, 11) is 1.55.